The van der Waals surface area contributed by atoms with Crippen molar-refractivity contribution in [2.45, 2.75) is 31.9 Å². The molecule has 0 fully saturated rings. The second kappa shape index (κ2) is 6.09. The fourth-order valence-electron chi connectivity index (χ4n) is 3.41. The van der Waals surface area contributed by atoms with E-state index < -0.39 is 0 Å². The molecule has 5 nitrogen and oxygen atoms in total. The maximum Gasteiger partial charge on any atom is 0.287 e. The zero-order valence-corrected chi connectivity index (χ0v) is 15.0. The van der Waals surface area contributed by atoms with Crippen LogP contribution in [0.4, 0.5) is 0 Å². The minimum atomic E-state index is -0.382. The fraction of sp³-hybridized carbons (Fsp3) is 0.286. The second-order valence-electron chi connectivity index (χ2n) is 7.14. The van der Waals surface area contributed by atoms with Crippen LogP contribution in [0.3, 0.4) is 0 Å². The minimum absolute atomic E-state index is 0.190. The van der Waals surface area contributed by atoms with E-state index in [4.69, 9.17) is 13.9 Å². The number of carbonyl (C=O) groups excluding carboxylic acids is 1. The summed E-state index contributed by atoms with van der Waals surface area (Å²) in [7, 11) is 1.62. The van der Waals surface area contributed by atoms with Crippen molar-refractivity contribution in [2.24, 2.45) is 0 Å². The summed E-state index contributed by atoms with van der Waals surface area (Å²) in [5.74, 6) is 1.56. The van der Waals surface area contributed by atoms with Crippen LogP contribution >= 0.6 is 0 Å². The Kier molecular flexibility index (Phi) is 3.87. The Morgan fingerprint density at radius 2 is 2.00 bits per heavy atom. The molecule has 1 N–H and O–H groups in total. The summed E-state index contributed by atoms with van der Waals surface area (Å²) >= 11 is 0. The van der Waals surface area contributed by atoms with E-state index in [1.54, 1.807) is 13.2 Å². The normalized spacial score (nSPS) is 18.0. The molecule has 3 aromatic rings. The first-order valence-corrected chi connectivity index (χ1v) is 8.61. The molecular weight excluding hydrogens is 330 g/mol. The summed E-state index contributed by atoms with van der Waals surface area (Å²) < 4.78 is 17.1. The van der Waals surface area contributed by atoms with Crippen LogP contribution < -0.4 is 14.8 Å². The van der Waals surface area contributed by atoms with E-state index in [2.05, 4.69) is 5.32 Å². The SMILES string of the molecule is COc1ccc2c(c1)[C@@H](NC(=O)c1cc3ccccc3o1)CC(C)(C)O2. The average molecular weight is 351 g/mol. The van der Waals surface area contributed by atoms with E-state index in [0.29, 0.717) is 17.8 Å². The lowest BCUT2D eigenvalue weighted by Gasteiger charge is -2.37. The van der Waals surface area contributed by atoms with Crippen molar-refractivity contribution in [2.75, 3.05) is 7.11 Å². The van der Waals surface area contributed by atoms with Crippen LogP contribution in [0.15, 0.2) is 52.9 Å². The number of nitrogens with one attached hydrogen (secondary N) is 1. The number of furan rings is 1. The third kappa shape index (κ3) is 3.01. The Hall–Kier alpha value is -2.95. The number of carbonyl (C=O) groups is 1. The highest BCUT2D eigenvalue weighted by Crippen LogP contribution is 2.41. The molecule has 26 heavy (non-hydrogen) atoms. The molecule has 0 saturated carbocycles. The number of hydrogen-bond acceptors (Lipinski definition) is 4. The number of hydrogen-bond donors (Lipinski definition) is 1. The number of rotatable bonds is 3. The van der Waals surface area contributed by atoms with Crippen LogP contribution in [0.25, 0.3) is 11.0 Å². The first kappa shape index (κ1) is 16.5. The summed E-state index contributed by atoms with van der Waals surface area (Å²) in [6.07, 6.45) is 0.652. The third-order valence-corrected chi connectivity index (χ3v) is 4.63. The highest BCUT2D eigenvalue weighted by molar-refractivity contribution is 5.96. The standard InChI is InChI=1S/C21H21NO4/c1-21(2)12-16(15-11-14(24-3)8-9-18(15)26-21)22-20(23)19-10-13-6-4-5-7-17(13)25-19/h4-11,16H,12H2,1-3H3,(H,22,23)/t16-/m0/s1. The second-order valence-corrected chi connectivity index (χ2v) is 7.14. The van der Waals surface area contributed by atoms with Gasteiger partial charge in [-0.25, -0.2) is 0 Å². The van der Waals surface area contributed by atoms with Gasteiger partial charge < -0.3 is 19.2 Å². The summed E-state index contributed by atoms with van der Waals surface area (Å²) in [6, 6.07) is 14.8. The Balaban J connectivity index is 1.65. The molecular formula is C21H21NO4. The summed E-state index contributed by atoms with van der Waals surface area (Å²) in [5, 5.41) is 4.00. The maximum absolute atomic E-state index is 12.8. The topological polar surface area (TPSA) is 60.7 Å². The highest BCUT2D eigenvalue weighted by Gasteiger charge is 2.35. The number of amides is 1. The van der Waals surface area contributed by atoms with Crippen LogP contribution in [0.2, 0.25) is 0 Å². The Morgan fingerprint density at radius 3 is 2.77 bits per heavy atom. The van der Waals surface area contributed by atoms with Gasteiger partial charge in [-0.05, 0) is 44.2 Å². The van der Waals surface area contributed by atoms with Gasteiger partial charge in [-0.1, -0.05) is 18.2 Å². The number of fused-ring (bicyclic) bond motifs is 2. The zero-order chi connectivity index (χ0) is 18.3. The molecule has 0 radical (unpaired) electrons. The van der Waals surface area contributed by atoms with Crippen molar-refractivity contribution < 1.29 is 18.7 Å². The molecule has 1 atom stereocenters. The van der Waals surface area contributed by atoms with Gasteiger partial charge in [-0.15, -0.1) is 0 Å². The lowest BCUT2D eigenvalue weighted by atomic mass is 9.89. The van der Waals surface area contributed by atoms with Crippen molar-refractivity contribution in [3.05, 3.63) is 59.9 Å². The van der Waals surface area contributed by atoms with Crippen LogP contribution in [0.5, 0.6) is 11.5 Å². The van der Waals surface area contributed by atoms with E-state index in [1.165, 1.54) is 0 Å². The predicted octanol–water partition coefficient (Wildman–Crippen LogP) is 4.47. The molecule has 0 unspecified atom stereocenters. The van der Waals surface area contributed by atoms with E-state index in [9.17, 15) is 4.79 Å². The molecule has 1 aliphatic rings. The first-order chi connectivity index (χ1) is 12.4. The lowest BCUT2D eigenvalue weighted by molar-refractivity contribution is 0.0610. The average Bonchev–Trinajstić information content (AvgIpc) is 3.05. The predicted molar refractivity (Wildman–Crippen MR) is 98.7 cm³/mol. The summed E-state index contributed by atoms with van der Waals surface area (Å²) in [4.78, 5) is 12.8. The van der Waals surface area contributed by atoms with Crippen molar-refractivity contribution in [3.63, 3.8) is 0 Å². The molecule has 0 aliphatic carbocycles. The number of para-hydroxylation sites is 1. The molecule has 0 saturated heterocycles. The number of methoxy groups -OCH3 is 1. The van der Waals surface area contributed by atoms with Crippen LogP contribution in [-0.4, -0.2) is 18.6 Å². The van der Waals surface area contributed by atoms with Gasteiger partial charge in [-0.3, -0.25) is 4.79 Å². The van der Waals surface area contributed by atoms with E-state index in [0.717, 1.165) is 22.4 Å². The summed E-state index contributed by atoms with van der Waals surface area (Å²) in [6.45, 7) is 4.03. The molecule has 1 aliphatic heterocycles. The van der Waals surface area contributed by atoms with Crippen molar-refractivity contribution in [1.82, 2.24) is 5.32 Å². The molecule has 0 spiro atoms. The Bertz CT molecular complexity index is 940. The van der Waals surface area contributed by atoms with Gasteiger partial charge in [-0.2, -0.15) is 0 Å². The van der Waals surface area contributed by atoms with Crippen LogP contribution in [0.1, 0.15) is 42.4 Å². The van der Waals surface area contributed by atoms with Gasteiger partial charge in [0.25, 0.3) is 5.91 Å². The molecule has 1 aromatic heterocycles. The fourth-order valence-corrected chi connectivity index (χ4v) is 3.41. The quantitative estimate of drug-likeness (QED) is 0.756. The van der Waals surface area contributed by atoms with Crippen LogP contribution in [-0.2, 0) is 0 Å². The van der Waals surface area contributed by atoms with Gasteiger partial charge in [0.2, 0.25) is 0 Å². The van der Waals surface area contributed by atoms with Crippen molar-refractivity contribution in [3.8, 4) is 11.5 Å². The zero-order valence-electron chi connectivity index (χ0n) is 15.0. The molecule has 4 rings (SSSR count). The third-order valence-electron chi connectivity index (χ3n) is 4.63. The van der Waals surface area contributed by atoms with Gasteiger partial charge in [0.1, 0.15) is 22.7 Å². The smallest absolute Gasteiger partial charge is 0.287 e. The van der Waals surface area contributed by atoms with E-state index in [1.807, 2.05) is 56.3 Å². The Labute approximate surface area is 151 Å². The monoisotopic (exact) mass is 351 g/mol. The molecule has 2 aromatic carbocycles. The van der Waals surface area contributed by atoms with Gasteiger partial charge in [0.05, 0.1) is 13.2 Å². The molecule has 1 amide bonds. The molecule has 2 heterocycles. The van der Waals surface area contributed by atoms with Gasteiger partial charge >= 0.3 is 0 Å². The van der Waals surface area contributed by atoms with E-state index >= 15 is 0 Å². The summed E-state index contributed by atoms with van der Waals surface area (Å²) in [5.41, 5.74) is 1.23. The van der Waals surface area contributed by atoms with Crippen molar-refractivity contribution in [1.29, 1.82) is 0 Å². The van der Waals surface area contributed by atoms with Gasteiger partial charge in [0, 0.05) is 17.4 Å². The molecule has 0 bridgehead atoms. The van der Waals surface area contributed by atoms with Crippen molar-refractivity contribution >= 4 is 16.9 Å². The highest BCUT2D eigenvalue weighted by atomic mass is 16.5. The van der Waals surface area contributed by atoms with Crippen LogP contribution in [0, 0.1) is 0 Å². The lowest BCUT2D eigenvalue weighted by Crippen LogP contribution is -2.41. The molecule has 134 valence electrons. The van der Waals surface area contributed by atoms with Gasteiger partial charge in [0.15, 0.2) is 5.76 Å². The minimum Gasteiger partial charge on any atom is -0.497 e. The Morgan fingerprint density at radius 1 is 1.19 bits per heavy atom. The maximum atomic E-state index is 12.8. The number of benzene rings is 2. The first-order valence-electron chi connectivity index (χ1n) is 8.61. The van der Waals surface area contributed by atoms with E-state index in [-0.39, 0.29) is 17.6 Å². The largest absolute Gasteiger partial charge is 0.497 e. The molecule has 5 heteroatoms. The number of ether oxygens (including phenoxy) is 2.